The van der Waals surface area contributed by atoms with Gasteiger partial charge in [-0.15, -0.1) is 13.2 Å². The van der Waals surface area contributed by atoms with Gasteiger partial charge in [-0.3, -0.25) is 9.48 Å². The molecule has 14 heteroatoms. The average Bonchev–Trinajstić information content (AvgIpc) is 2.85. The second-order valence-electron chi connectivity index (χ2n) is 5.86. The molecule has 1 aromatic carbocycles. The maximum atomic E-state index is 13.5. The molecule has 1 heterocycles. The van der Waals surface area contributed by atoms with E-state index >= 15 is 0 Å². The van der Waals surface area contributed by atoms with Crippen LogP contribution in [0.3, 0.4) is 0 Å². The first-order valence-electron chi connectivity index (χ1n) is 7.92. The number of alkyl halides is 6. The Bertz CT molecular complexity index is 936. The van der Waals surface area contributed by atoms with Gasteiger partial charge in [0.15, 0.2) is 0 Å². The molecule has 2 rings (SSSR count). The summed E-state index contributed by atoms with van der Waals surface area (Å²) in [5.41, 5.74) is 0.858. The molecule has 30 heavy (non-hydrogen) atoms. The fourth-order valence-electron chi connectivity index (χ4n) is 2.26. The van der Waals surface area contributed by atoms with Crippen LogP contribution in [0.25, 0.3) is 0 Å². The minimum Gasteiger partial charge on any atom is -0.427 e. The van der Waals surface area contributed by atoms with Crippen molar-refractivity contribution in [1.82, 2.24) is 15.1 Å². The minimum atomic E-state index is -5.63. The van der Waals surface area contributed by atoms with E-state index in [2.05, 4.69) is 19.9 Å². The van der Waals surface area contributed by atoms with Gasteiger partial charge in [0, 0.05) is 13.6 Å². The summed E-state index contributed by atoms with van der Waals surface area (Å²) in [5, 5.41) is 6.19. The monoisotopic (exact) mass is 479 g/mol. The first kappa shape index (κ1) is 24.1. The van der Waals surface area contributed by atoms with Crippen LogP contribution < -0.4 is 10.1 Å². The summed E-state index contributed by atoms with van der Waals surface area (Å²) in [4.78, 5) is 12.2. The van der Waals surface area contributed by atoms with Crippen molar-refractivity contribution in [2.45, 2.75) is 32.3 Å². The highest BCUT2D eigenvalue weighted by molar-refractivity contribution is 6.34. The van der Waals surface area contributed by atoms with Gasteiger partial charge in [0.2, 0.25) is 0 Å². The predicted molar refractivity (Wildman–Crippen MR) is 93.2 cm³/mol. The van der Waals surface area contributed by atoms with Crippen molar-refractivity contribution in [2.75, 3.05) is 0 Å². The molecule has 6 nitrogen and oxygen atoms in total. The van der Waals surface area contributed by atoms with Gasteiger partial charge in [-0.05, 0) is 24.6 Å². The molecule has 0 aliphatic carbocycles. The molecule has 0 aliphatic rings. The molecular formula is C16H13Cl2F6N3O3. The Kier molecular flexibility index (Phi) is 7.15. The van der Waals surface area contributed by atoms with Crippen LogP contribution in [0.5, 0.6) is 5.75 Å². The number of benzene rings is 1. The molecule has 1 aromatic heterocycles. The summed E-state index contributed by atoms with van der Waals surface area (Å²) in [6.07, 6.45) is -14.7. The summed E-state index contributed by atoms with van der Waals surface area (Å²) in [6, 6.07) is 3.16. The van der Waals surface area contributed by atoms with E-state index in [1.165, 1.54) is 17.8 Å². The van der Waals surface area contributed by atoms with E-state index in [0.29, 0.717) is 11.3 Å². The lowest BCUT2D eigenvalue weighted by atomic mass is 10.2. The summed E-state index contributed by atoms with van der Waals surface area (Å²) in [7, 11) is 1.51. The van der Waals surface area contributed by atoms with E-state index in [0.717, 1.165) is 12.1 Å². The maximum Gasteiger partial charge on any atom is 0.525 e. The van der Waals surface area contributed by atoms with Gasteiger partial charge in [-0.25, -0.2) is 9.13 Å². The van der Waals surface area contributed by atoms with Crippen LogP contribution in [0.1, 0.15) is 21.7 Å². The summed E-state index contributed by atoms with van der Waals surface area (Å²) in [5.74, 6) is -1.37. The fraction of sp³-hybridized carbons (Fsp3) is 0.375. The van der Waals surface area contributed by atoms with Crippen molar-refractivity contribution >= 4 is 29.1 Å². The molecular weight excluding hydrogens is 467 g/mol. The Balaban J connectivity index is 2.05. The van der Waals surface area contributed by atoms with E-state index in [-0.39, 0.29) is 17.3 Å². The minimum absolute atomic E-state index is 0.0958. The molecule has 0 saturated heterocycles. The number of ether oxygens (including phenoxy) is 2. The van der Waals surface area contributed by atoms with Crippen molar-refractivity contribution in [2.24, 2.45) is 7.05 Å². The number of aryl methyl sites for hydroxylation is 2. The van der Waals surface area contributed by atoms with E-state index in [9.17, 15) is 31.1 Å². The van der Waals surface area contributed by atoms with Crippen molar-refractivity contribution in [3.8, 4) is 5.75 Å². The Morgan fingerprint density at radius 1 is 1.27 bits per heavy atom. The number of halogens is 8. The van der Waals surface area contributed by atoms with Gasteiger partial charge in [0.25, 0.3) is 5.91 Å². The molecule has 0 aliphatic heterocycles. The largest absolute Gasteiger partial charge is 0.525 e. The lowest BCUT2D eigenvalue weighted by molar-refractivity contribution is -0.411. The number of hydrogen-bond acceptors (Lipinski definition) is 4. The predicted octanol–water partition coefficient (Wildman–Crippen LogP) is 4.77. The SMILES string of the molecule is Cc1nn(C)c(C(=O)NCc2ccc(OC(F)(F)C(F)OC(F)(F)F)c(Cl)c2)c1Cl. The van der Waals surface area contributed by atoms with E-state index < -0.39 is 35.5 Å². The summed E-state index contributed by atoms with van der Waals surface area (Å²) < 4.78 is 83.6. The maximum absolute atomic E-state index is 13.5. The Morgan fingerprint density at radius 2 is 1.90 bits per heavy atom. The van der Waals surface area contributed by atoms with Crippen LogP contribution in [-0.4, -0.2) is 34.5 Å². The zero-order valence-electron chi connectivity index (χ0n) is 15.2. The van der Waals surface area contributed by atoms with E-state index in [4.69, 9.17) is 23.2 Å². The number of nitrogens with zero attached hydrogens (tertiary/aromatic N) is 2. The van der Waals surface area contributed by atoms with Crippen LogP contribution >= 0.6 is 23.2 Å². The zero-order valence-corrected chi connectivity index (χ0v) is 16.7. The molecule has 0 radical (unpaired) electrons. The van der Waals surface area contributed by atoms with Crippen LogP contribution in [0.2, 0.25) is 10.0 Å². The number of rotatable bonds is 7. The van der Waals surface area contributed by atoms with Crippen molar-refractivity contribution < 1.29 is 40.6 Å². The van der Waals surface area contributed by atoms with Gasteiger partial charge in [-0.1, -0.05) is 29.3 Å². The third-order valence-electron chi connectivity index (χ3n) is 3.56. The second-order valence-corrected chi connectivity index (χ2v) is 6.65. The number of hydrogen-bond donors (Lipinski definition) is 1. The first-order valence-corrected chi connectivity index (χ1v) is 8.68. The Hall–Kier alpha value is -2.18. The summed E-state index contributed by atoms with van der Waals surface area (Å²) >= 11 is 11.8. The highest BCUT2D eigenvalue weighted by Crippen LogP contribution is 2.35. The topological polar surface area (TPSA) is 65.4 Å². The third-order valence-corrected chi connectivity index (χ3v) is 4.31. The summed E-state index contributed by atoms with van der Waals surface area (Å²) in [6.45, 7) is 1.49. The highest BCUT2D eigenvalue weighted by Gasteiger charge is 2.50. The van der Waals surface area contributed by atoms with Crippen LogP contribution in [0.15, 0.2) is 18.2 Å². The molecule has 1 unspecified atom stereocenters. The fourth-order valence-corrected chi connectivity index (χ4v) is 2.75. The third kappa shape index (κ3) is 5.92. The highest BCUT2D eigenvalue weighted by atomic mass is 35.5. The molecule has 0 fully saturated rings. The number of carbonyl (C=O) groups is 1. The molecule has 1 amide bonds. The van der Waals surface area contributed by atoms with Gasteiger partial charge in [-0.2, -0.15) is 13.9 Å². The molecule has 1 atom stereocenters. The average molecular weight is 480 g/mol. The van der Waals surface area contributed by atoms with E-state index in [1.54, 1.807) is 6.92 Å². The van der Waals surface area contributed by atoms with Crippen LogP contribution in [0.4, 0.5) is 26.3 Å². The molecule has 166 valence electrons. The zero-order chi connectivity index (χ0) is 22.9. The Morgan fingerprint density at radius 3 is 2.40 bits per heavy atom. The lowest BCUT2D eigenvalue weighted by Crippen LogP contribution is -2.41. The van der Waals surface area contributed by atoms with Crippen LogP contribution in [0, 0.1) is 6.92 Å². The number of nitrogens with one attached hydrogen (secondary N) is 1. The standard InChI is InChI=1S/C16H13Cl2F6N3O3/c1-7-11(18)12(27(2)26-7)13(28)25-6-8-3-4-10(9(17)5-8)29-15(20,21)14(19)30-16(22,23)24/h3-5,14H,6H2,1-2H3,(H,25,28). The van der Waals surface area contributed by atoms with Crippen molar-refractivity contribution in [3.05, 3.63) is 45.2 Å². The normalized spacial score (nSPS) is 13.3. The van der Waals surface area contributed by atoms with E-state index in [1.807, 2.05) is 0 Å². The first-order chi connectivity index (χ1) is 13.7. The quantitative estimate of drug-likeness (QED) is 0.581. The smallest absolute Gasteiger partial charge is 0.427 e. The number of aromatic nitrogens is 2. The molecule has 1 N–H and O–H groups in total. The molecule has 0 saturated carbocycles. The molecule has 0 spiro atoms. The Labute approximate surface area is 175 Å². The van der Waals surface area contributed by atoms with Gasteiger partial charge in [0.1, 0.15) is 11.4 Å². The van der Waals surface area contributed by atoms with Gasteiger partial charge >= 0.3 is 18.8 Å². The van der Waals surface area contributed by atoms with Gasteiger partial charge in [0.05, 0.1) is 15.7 Å². The number of carbonyl (C=O) groups excluding carboxylic acids is 1. The molecule has 2 aromatic rings. The van der Waals surface area contributed by atoms with Crippen molar-refractivity contribution in [3.63, 3.8) is 0 Å². The van der Waals surface area contributed by atoms with Crippen molar-refractivity contribution in [1.29, 1.82) is 0 Å². The number of amides is 1. The molecule has 0 bridgehead atoms. The lowest BCUT2D eigenvalue weighted by Gasteiger charge is -2.22. The van der Waals surface area contributed by atoms with Crippen LogP contribution in [-0.2, 0) is 18.3 Å². The van der Waals surface area contributed by atoms with Gasteiger partial charge < -0.3 is 10.1 Å². The second kappa shape index (κ2) is 8.90.